The smallest absolute Gasteiger partial charge is 0.0205 e. The lowest BCUT2D eigenvalue weighted by atomic mass is 10.0. The molecule has 1 aromatic carbocycles. The van der Waals surface area contributed by atoms with Gasteiger partial charge in [-0.3, -0.25) is 0 Å². The van der Waals surface area contributed by atoms with Gasteiger partial charge < -0.3 is 11.1 Å². The lowest BCUT2D eigenvalue weighted by Gasteiger charge is -2.18. The molecule has 0 heterocycles. The van der Waals surface area contributed by atoms with E-state index in [0.717, 1.165) is 25.9 Å². The quantitative estimate of drug-likeness (QED) is 0.723. The fourth-order valence-corrected chi connectivity index (χ4v) is 1.54. The third-order valence-electron chi connectivity index (χ3n) is 2.71. The molecule has 0 aliphatic rings. The maximum absolute atomic E-state index is 5.91. The van der Waals surface area contributed by atoms with Crippen molar-refractivity contribution in [2.24, 2.45) is 5.73 Å². The van der Waals surface area contributed by atoms with Crippen molar-refractivity contribution in [3.63, 3.8) is 0 Å². The largest absolute Gasteiger partial charge is 0.326 e. The summed E-state index contributed by atoms with van der Waals surface area (Å²) in [7, 11) is 0. The number of nitrogens with two attached hydrogens (primary N) is 1. The first kappa shape index (κ1) is 13.2. The van der Waals surface area contributed by atoms with Crippen LogP contribution in [0.5, 0.6) is 0 Å². The second-order valence-corrected chi connectivity index (χ2v) is 5.09. The summed E-state index contributed by atoms with van der Waals surface area (Å²) in [5.74, 6) is 0. The number of nitrogens with one attached hydrogen (secondary N) is 1. The standard InChI is InChI=1S/C14H24N2/c1-4-12-5-7-13(8-6-12)11-16-10-9-14(2,3)15/h5-8,16H,4,9-11,15H2,1-3H3. The summed E-state index contributed by atoms with van der Waals surface area (Å²) < 4.78 is 0. The van der Waals surface area contributed by atoms with E-state index in [0.29, 0.717) is 0 Å². The molecule has 2 nitrogen and oxygen atoms in total. The number of rotatable bonds is 6. The molecule has 1 rings (SSSR count). The van der Waals surface area contributed by atoms with Crippen LogP contribution in [0.4, 0.5) is 0 Å². The van der Waals surface area contributed by atoms with Crippen LogP contribution in [0.2, 0.25) is 0 Å². The molecule has 0 aromatic heterocycles. The number of hydrogen-bond acceptors (Lipinski definition) is 2. The summed E-state index contributed by atoms with van der Waals surface area (Å²) in [6, 6.07) is 8.78. The van der Waals surface area contributed by atoms with Crippen molar-refractivity contribution >= 4 is 0 Å². The molecule has 0 aliphatic heterocycles. The van der Waals surface area contributed by atoms with Gasteiger partial charge in [-0.1, -0.05) is 31.2 Å². The van der Waals surface area contributed by atoms with Crippen LogP contribution in [0.15, 0.2) is 24.3 Å². The summed E-state index contributed by atoms with van der Waals surface area (Å²) in [5, 5.41) is 3.42. The Morgan fingerprint density at radius 1 is 1.12 bits per heavy atom. The molecule has 0 atom stereocenters. The Kier molecular flexibility index (Phi) is 4.97. The summed E-state index contributed by atoms with van der Waals surface area (Å²) in [4.78, 5) is 0. The molecule has 90 valence electrons. The van der Waals surface area contributed by atoms with E-state index in [1.54, 1.807) is 0 Å². The van der Waals surface area contributed by atoms with Gasteiger partial charge >= 0.3 is 0 Å². The van der Waals surface area contributed by atoms with E-state index in [-0.39, 0.29) is 5.54 Å². The molecule has 0 aliphatic carbocycles. The highest BCUT2D eigenvalue weighted by molar-refractivity contribution is 5.22. The first-order valence-electron chi connectivity index (χ1n) is 6.08. The van der Waals surface area contributed by atoms with Crippen molar-refractivity contribution in [3.05, 3.63) is 35.4 Å². The van der Waals surface area contributed by atoms with Gasteiger partial charge in [-0.2, -0.15) is 0 Å². The average molecular weight is 220 g/mol. The molecule has 0 amide bonds. The topological polar surface area (TPSA) is 38.0 Å². The van der Waals surface area contributed by atoms with E-state index in [2.05, 4.69) is 50.4 Å². The van der Waals surface area contributed by atoms with Crippen LogP contribution in [-0.4, -0.2) is 12.1 Å². The van der Waals surface area contributed by atoms with Gasteiger partial charge in [0.25, 0.3) is 0 Å². The Hall–Kier alpha value is -0.860. The minimum absolute atomic E-state index is 0.0704. The van der Waals surface area contributed by atoms with Crippen LogP contribution >= 0.6 is 0 Å². The molecule has 16 heavy (non-hydrogen) atoms. The third-order valence-corrected chi connectivity index (χ3v) is 2.71. The maximum Gasteiger partial charge on any atom is 0.0205 e. The zero-order valence-corrected chi connectivity index (χ0v) is 10.7. The molecule has 0 spiro atoms. The third kappa shape index (κ3) is 5.29. The predicted molar refractivity (Wildman–Crippen MR) is 70.4 cm³/mol. The zero-order valence-electron chi connectivity index (χ0n) is 10.7. The number of benzene rings is 1. The molecule has 2 heteroatoms. The van der Waals surface area contributed by atoms with Gasteiger partial charge in [0.05, 0.1) is 0 Å². The summed E-state index contributed by atoms with van der Waals surface area (Å²) in [6.45, 7) is 8.20. The highest BCUT2D eigenvalue weighted by atomic mass is 14.9. The average Bonchev–Trinajstić information content (AvgIpc) is 2.24. The molecule has 0 saturated carbocycles. The van der Waals surface area contributed by atoms with Crippen LogP contribution in [0.3, 0.4) is 0 Å². The Morgan fingerprint density at radius 3 is 2.19 bits per heavy atom. The van der Waals surface area contributed by atoms with Gasteiger partial charge in [-0.25, -0.2) is 0 Å². The fourth-order valence-electron chi connectivity index (χ4n) is 1.54. The van der Waals surface area contributed by atoms with Crippen molar-refractivity contribution in [1.29, 1.82) is 0 Å². The van der Waals surface area contributed by atoms with Gasteiger partial charge in [0, 0.05) is 12.1 Å². The molecule has 0 bridgehead atoms. The van der Waals surface area contributed by atoms with Crippen LogP contribution in [0.1, 0.15) is 38.3 Å². The van der Waals surface area contributed by atoms with Gasteiger partial charge in [0.15, 0.2) is 0 Å². The van der Waals surface area contributed by atoms with Crippen molar-refractivity contribution in [2.45, 2.75) is 45.7 Å². The molecule has 3 N–H and O–H groups in total. The Balaban J connectivity index is 2.27. The normalized spacial score (nSPS) is 11.8. The van der Waals surface area contributed by atoms with Gasteiger partial charge in [-0.05, 0) is 44.4 Å². The summed E-state index contributed by atoms with van der Waals surface area (Å²) in [6.07, 6.45) is 2.11. The molecular weight excluding hydrogens is 196 g/mol. The van der Waals surface area contributed by atoms with Crippen molar-refractivity contribution in [1.82, 2.24) is 5.32 Å². The van der Waals surface area contributed by atoms with Crippen LogP contribution in [0, 0.1) is 0 Å². The van der Waals surface area contributed by atoms with Crippen LogP contribution < -0.4 is 11.1 Å². The summed E-state index contributed by atoms with van der Waals surface area (Å²) >= 11 is 0. The number of hydrogen-bond donors (Lipinski definition) is 2. The summed E-state index contributed by atoms with van der Waals surface area (Å²) in [5.41, 5.74) is 8.58. The maximum atomic E-state index is 5.91. The lowest BCUT2D eigenvalue weighted by molar-refractivity contribution is 0.455. The lowest BCUT2D eigenvalue weighted by Crippen LogP contribution is -2.35. The first-order valence-corrected chi connectivity index (χ1v) is 6.08. The molecular formula is C14H24N2. The highest BCUT2D eigenvalue weighted by Gasteiger charge is 2.08. The fraction of sp³-hybridized carbons (Fsp3) is 0.571. The molecule has 1 aromatic rings. The Labute approximate surface area is 99.2 Å². The number of aryl methyl sites for hydroxylation is 1. The van der Waals surface area contributed by atoms with Crippen molar-refractivity contribution in [2.75, 3.05) is 6.54 Å². The van der Waals surface area contributed by atoms with E-state index in [1.807, 2.05) is 0 Å². The van der Waals surface area contributed by atoms with E-state index in [4.69, 9.17) is 5.73 Å². The zero-order chi connectivity index (χ0) is 12.0. The predicted octanol–water partition coefficient (Wildman–Crippen LogP) is 2.47. The van der Waals surface area contributed by atoms with Gasteiger partial charge in [-0.15, -0.1) is 0 Å². The van der Waals surface area contributed by atoms with Crippen molar-refractivity contribution < 1.29 is 0 Å². The highest BCUT2D eigenvalue weighted by Crippen LogP contribution is 2.05. The Morgan fingerprint density at radius 2 is 1.69 bits per heavy atom. The van der Waals surface area contributed by atoms with E-state index in [9.17, 15) is 0 Å². The molecule has 0 radical (unpaired) electrons. The second-order valence-electron chi connectivity index (χ2n) is 5.09. The minimum Gasteiger partial charge on any atom is -0.326 e. The molecule has 0 unspecified atom stereocenters. The Bertz CT molecular complexity index is 296. The van der Waals surface area contributed by atoms with Crippen molar-refractivity contribution in [3.8, 4) is 0 Å². The molecule has 0 saturated heterocycles. The van der Waals surface area contributed by atoms with E-state index in [1.165, 1.54) is 11.1 Å². The van der Waals surface area contributed by atoms with E-state index >= 15 is 0 Å². The molecule has 0 fully saturated rings. The van der Waals surface area contributed by atoms with Gasteiger partial charge in [0.2, 0.25) is 0 Å². The monoisotopic (exact) mass is 220 g/mol. The first-order chi connectivity index (χ1) is 7.51. The SMILES string of the molecule is CCc1ccc(CNCCC(C)(C)N)cc1. The second kappa shape index (κ2) is 6.02. The van der Waals surface area contributed by atoms with Gasteiger partial charge in [0.1, 0.15) is 0 Å². The van der Waals surface area contributed by atoms with Crippen LogP contribution in [-0.2, 0) is 13.0 Å². The van der Waals surface area contributed by atoms with E-state index < -0.39 is 0 Å². The minimum atomic E-state index is -0.0704. The van der Waals surface area contributed by atoms with Crippen LogP contribution in [0.25, 0.3) is 0 Å².